The van der Waals surface area contributed by atoms with Crippen LogP contribution in [0.15, 0.2) is 54.6 Å². The molecule has 4 nitrogen and oxygen atoms in total. The number of hydrogen-bond donors (Lipinski definition) is 2. The molecule has 1 atom stereocenters. The van der Waals surface area contributed by atoms with Gasteiger partial charge in [-0.05, 0) is 45.0 Å². The van der Waals surface area contributed by atoms with Gasteiger partial charge in [0.05, 0.1) is 5.69 Å². The van der Waals surface area contributed by atoms with Crippen LogP contribution in [0.2, 0.25) is 0 Å². The van der Waals surface area contributed by atoms with E-state index in [2.05, 4.69) is 10.6 Å². The van der Waals surface area contributed by atoms with E-state index in [4.69, 9.17) is 4.74 Å². The van der Waals surface area contributed by atoms with Crippen molar-refractivity contribution in [3.63, 3.8) is 0 Å². The second kappa shape index (κ2) is 7.50. The number of carbonyl (C=O) groups is 1. The van der Waals surface area contributed by atoms with Gasteiger partial charge in [-0.2, -0.15) is 0 Å². The number of para-hydroxylation sites is 3. The van der Waals surface area contributed by atoms with Gasteiger partial charge in [-0.3, -0.25) is 4.79 Å². The number of nitrogens with one attached hydrogen (secondary N) is 2. The lowest BCUT2D eigenvalue weighted by Gasteiger charge is -2.19. The first-order valence-electron chi connectivity index (χ1n) is 7.45. The molecule has 0 bridgehead atoms. The minimum atomic E-state index is -0.345. The second-order valence-electron chi connectivity index (χ2n) is 5.44. The van der Waals surface area contributed by atoms with Crippen molar-refractivity contribution in [2.75, 3.05) is 5.32 Å². The lowest BCUT2D eigenvalue weighted by atomic mass is 10.2. The summed E-state index contributed by atoms with van der Waals surface area (Å²) >= 11 is 0. The predicted molar refractivity (Wildman–Crippen MR) is 89.3 cm³/mol. The van der Waals surface area contributed by atoms with Crippen molar-refractivity contribution in [1.82, 2.24) is 5.32 Å². The van der Waals surface area contributed by atoms with Crippen molar-refractivity contribution in [3.8, 4) is 11.5 Å². The van der Waals surface area contributed by atoms with Crippen molar-refractivity contribution in [3.05, 3.63) is 54.6 Å². The maximum atomic E-state index is 12.0. The summed E-state index contributed by atoms with van der Waals surface area (Å²) in [7, 11) is 0. The van der Waals surface area contributed by atoms with E-state index in [1.165, 1.54) is 0 Å². The Balaban J connectivity index is 2.10. The van der Waals surface area contributed by atoms with E-state index in [0.717, 1.165) is 11.4 Å². The zero-order valence-corrected chi connectivity index (χ0v) is 13.2. The fraction of sp³-hybridized carbons (Fsp3) is 0.278. The van der Waals surface area contributed by atoms with E-state index in [9.17, 15) is 4.79 Å². The summed E-state index contributed by atoms with van der Waals surface area (Å²) in [5.74, 6) is 1.42. The Labute approximate surface area is 131 Å². The topological polar surface area (TPSA) is 50.4 Å². The summed E-state index contributed by atoms with van der Waals surface area (Å²) in [6, 6.07) is 16.9. The summed E-state index contributed by atoms with van der Waals surface area (Å²) < 4.78 is 5.88. The number of rotatable bonds is 6. The fourth-order valence-electron chi connectivity index (χ4n) is 2.00. The first-order chi connectivity index (χ1) is 10.6. The highest BCUT2D eigenvalue weighted by Crippen LogP contribution is 2.29. The third-order valence-electron chi connectivity index (χ3n) is 3.05. The minimum absolute atomic E-state index is 0.0375. The SMILES string of the molecule is CC(C)NC(=O)[C@H](C)Nc1ccccc1Oc1ccccc1. The molecule has 2 N–H and O–H groups in total. The molecule has 0 saturated carbocycles. The van der Waals surface area contributed by atoms with Crippen molar-refractivity contribution < 1.29 is 9.53 Å². The smallest absolute Gasteiger partial charge is 0.242 e. The quantitative estimate of drug-likeness (QED) is 0.852. The molecule has 2 aromatic rings. The van der Waals surface area contributed by atoms with Gasteiger partial charge < -0.3 is 15.4 Å². The van der Waals surface area contributed by atoms with Gasteiger partial charge in [0.1, 0.15) is 11.8 Å². The second-order valence-corrected chi connectivity index (χ2v) is 5.44. The van der Waals surface area contributed by atoms with E-state index in [0.29, 0.717) is 5.75 Å². The van der Waals surface area contributed by atoms with Crippen molar-refractivity contribution >= 4 is 11.6 Å². The van der Waals surface area contributed by atoms with E-state index < -0.39 is 0 Å². The molecule has 0 heterocycles. The molecule has 0 unspecified atom stereocenters. The van der Waals surface area contributed by atoms with E-state index in [-0.39, 0.29) is 18.0 Å². The van der Waals surface area contributed by atoms with Crippen LogP contribution in [-0.4, -0.2) is 18.0 Å². The summed E-state index contributed by atoms with van der Waals surface area (Å²) in [4.78, 5) is 12.0. The van der Waals surface area contributed by atoms with Crippen LogP contribution in [0.1, 0.15) is 20.8 Å². The van der Waals surface area contributed by atoms with Gasteiger partial charge in [0.2, 0.25) is 5.91 Å². The van der Waals surface area contributed by atoms with Gasteiger partial charge in [0.25, 0.3) is 0 Å². The molecule has 22 heavy (non-hydrogen) atoms. The van der Waals surface area contributed by atoms with Gasteiger partial charge in [-0.25, -0.2) is 0 Å². The van der Waals surface area contributed by atoms with Gasteiger partial charge in [0, 0.05) is 6.04 Å². The van der Waals surface area contributed by atoms with Crippen molar-refractivity contribution in [2.45, 2.75) is 32.9 Å². The standard InChI is InChI=1S/C18H22N2O2/c1-13(2)19-18(21)14(3)20-16-11-7-8-12-17(16)22-15-9-5-4-6-10-15/h4-14,20H,1-3H3,(H,19,21)/t14-/m0/s1. The normalized spacial score (nSPS) is 11.8. The van der Waals surface area contributed by atoms with Crippen LogP contribution in [0, 0.1) is 0 Å². The first kappa shape index (κ1) is 15.9. The van der Waals surface area contributed by atoms with Crippen LogP contribution in [0.4, 0.5) is 5.69 Å². The molecule has 0 fully saturated rings. The average Bonchev–Trinajstić information content (AvgIpc) is 2.49. The number of hydrogen-bond acceptors (Lipinski definition) is 3. The van der Waals surface area contributed by atoms with Crippen molar-refractivity contribution in [2.24, 2.45) is 0 Å². The Morgan fingerprint density at radius 2 is 1.59 bits per heavy atom. The number of ether oxygens (including phenoxy) is 1. The Hall–Kier alpha value is -2.49. The first-order valence-corrected chi connectivity index (χ1v) is 7.45. The molecule has 0 aliphatic heterocycles. The van der Waals surface area contributed by atoms with E-state index in [1.807, 2.05) is 75.4 Å². The van der Waals surface area contributed by atoms with Crippen molar-refractivity contribution in [1.29, 1.82) is 0 Å². The van der Waals surface area contributed by atoms with Crippen LogP contribution in [0.3, 0.4) is 0 Å². The monoisotopic (exact) mass is 298 g/mol. The molecule has 0 aliphatic carbocycles. The molecule has 0 spiro atoms. The summed E-state index contributed by atoms with van der Waals surface area (Å²) in [5, 5.41) is 6.09. The molecule has 0 radical (unpaired) electrons. The lowest BCUT2D eigenvalue weighted by Crippen LogP contribution is -2.41. The molecular weight excluding hydrogens is 276 g/mol. The Morgan fingerprint density at radius 3 is 2.27 bits per heavy atom. The third kappa shape index (κ3) is 4.52. The van der Waals surface area contributed by atoms with Gasteiger partial charge in [-0.15, -0.1) is 0 Å². The van der Waals surface area contributed by atoms with Gasteiger partial charge >= 0.3 is 0 Å². The van der Waals surface area contributed by atoms with Gasteiger partial charge in [0.15, 0.2) is 5.75 Å². The van der Waals surface area contributed by atoms with Gasteiger partial charge in [-0.1, -0.05) is 30.3 Å². The minimum Gasteiger partial charge on any atom is -0.455 e. The highest BCUT2D eigenvalue weighted by Gasteiger charge is 2.15. The number of amides is 1. The average molecular weight is 298 g/mol. The molecule has 0 aliphatic rings. The Bertz CT molecular complexity index is 611. The molecule has 1 amide bonds. The zero-order valence-electron chi connectivity index (χ0n) is 13.2. The molecule has 0 saturated heterocycles. The van der Waals surface area contributed by atoms with Crippen LogP contribution in [0.5, 0.6) is 11.5 Å². The van der Waals surface area contributed by atoms with Crippen LogP contribution < -0.4 is 15.4 Å². The fourth-order valence-corrected chi connectivity index (χ4v) is 2.00. The highest BCUT2D eigenvalue weighted by molar-refractivity contribution is 5.84. The van der Waals surface area contributed by atoms with Crippen LogP contribution in [-0.2, 0) is 4.79 Å². The highest BCUT2D eigenvalue weighted by atomic mass is 16.5. The number of benzene rings is 2. The zero-order chi connectivity index (χ0) is 15.9. The van der Waals surface area contributed by atoms with E-state index in [1.54, 1.807) is 0 Å². The Kier molecular flexibility index (Phi) is 5.42. The maximum Gasteiger partial charge on any atom is 0.242 e. The third-order valence-corrected chi connectivity index (χ3v) is 3.05. The number of carbonyl (C=O) groups excluding carboxylic acids is 1. The number of anilines is 1. The summed E-state index contributed by atoms with van der Waals surface area (Å²) in [6.45, 7) is 5.71. The lowest BCUT2D eigenvalue weighted by molar-refractivity contribution is -0.122. The van der Waals surface area contributed by atoms with Crippen LogP contribution in [0.25, 0.3) is 0 Å². The molecular formula is C18H22N2O2. The largest absolute Gasteiger partial charge is 0.455 e. The molecule has 2 rings (SSSR count). The molecule has 116 valence electrons. The maximum absolute atomic E-state index is 12.0. The predicted octanol–water partition coefficient (Wildman–Crippen LogP) is 3.80. The molecule has 0 aromatic heterocycles. The van der Waals surface area contributed by atoms with Crippen LogP contribution >= 0.6 is 0 Å². The summed E-state index contributed by atoms with van der Waals surface area (Å²) in [5.41, 5.74) is 0.790. The Morgan fingerprint density at radius 1 is 0.955 bits per heavy atom. The molecule has 4 heteroatoms. The molecule has 2 aromatic carbocycles. The van der Waals surface area contributed by atoms with E-state index >= 15 is 0 Å². The summed E-state index contributed by atoms with van der Waals surface area (Å²) in [6.07, 6.45) is 0.